The number of benzene rings is 1. The summed E-state index contributed by atoms with van der Waals surface area (Å²) >= 11 is 0. The summed E-state index contributed by atoms with van der Waals surface area (Å²) in [5.74, 6) is 0.864. The fourth-order valence-corrected chi connectivity index (χ4v) is 1.74. The van der Waals surface area contributed by atoms with Crippen LogP contribution in [0.3, 0.4) is 0 Å². The van der Waals surface area contributed by atoms with E-state index in [-0.39, 0.29) is 6.29 Å². The average molecular weight is 262 g/mol. The zero-order valence-electron chi connectivity index (χ0n) is 12.2. The normalized spacial score (nSPS) is 12.1. The van der Waals surface area contributed by atoms with Crippen molar-refractivity contribution in [2.24, 2.45) is 0 Å². The van der Waals surface area contributed by atoms with Gasteiger partial charge in [0.15, 0.2) is 6.29 Å². The molecule has 0 saturated heterocycles. The predicted octanol–water partition coefficient (Wildman–Crippen LogP) is 5.04. The number of hydrogen-bond acceptors (Lipinski definition) is 2. The summed E-state index contributed by atoms with van der Waals surface area (Å²) in [6.07, 6.45) is 7.17. The second kappa shape index (κ2) is 9.62. The van der Waals surface area contributed by atoms with Gasteiger partial charge in [0.05, 0.1) is 6.61 Å². The second-order valence-electron chi connectivity index (χ2n) is 4.69. The molecular formula is C17H26O2. The summed E-state index contributed by atoms with van der Waals surface area (Å²) in [4.78, 5) is 0. The lowest BCUT2D eigenvalue weighted by molar-refractivity contribution is -0.0861. The minimum absolute atomic E-state index is 0.124. The van der Waals surface area contributed by atoms with Crippen LogP contribution in [0.5, 0.6) is 5.75 Å². The van der Waals surface area contributed by atoms with Gasteiger partial charge in [-0.25, -0.2) is 0 Å². The molecule has 19 heavy (non-hydrogen) atoms. The van der Waals surface area contributed by atoms with Crippen LogP contribution in [0.15, 0.2) is 30.8 Å². The van der Waals surface area contributed by atoms with E-state index in [4.69, 9.17) is 9.47 Å². The van der Waals surface area contributed by atoms with E-state index >= 15 is 0 Å². The van der Waals surface area contributed by atoms with Gasteiger partial charge >= 0.3 is 0 Å². The molecule has 0 fully saturated rings. The Kier molecular flexibility index (Phi) is 7.99. The van der Waals surface area contributed by atoms with E-state index in [1.54, 1.807) is 0 Å². The van der Waals surface area contributed by atoms with E-state index in [9.17, 15) is 0 Å². The van der Waals surface area contributed by atoms with Gasteiger partial charge in [0.25, 0.3) is 0 Å². The van der Waals surface area contributed by atoms with E-state index < -0.39 is 0 Å². The zero-order valence-corrected chi connectivity index (χ0v) is 12.2. The molecule has 0 aromatic heterocycles. The standard InChI is InChI=1S/C17H26O2/c1-4-7-9-17(18-14-8-5-2)19-16-12-10-15(6-3)11-13-16/h6,10-13,17H,3-5,7-9,14H2,1-2H3. The Morgan fingerprint density at radius 3 is 2.37 bits per heavy atom. The van der Waals surface area contributed by atoms with Crippen molar-refractivity contribution in [2.75, 3.05) is 6.61 Å². The first-order valence-corrected chi connectivity index (χ1v) is 7.30. The van der Waals surface area contributed by atoms with Crippen molar-refractivity contribution in [3.05, 3.63) is 36.4 Å². The van der Waals surface area contributed by atoms with Crippen LogP contribution < -0.4 is 4.74 Å². The third-order valence-corrected chi connectivity index (χ3v) is 2.98. The predicted molar refractivity (Wildman–Crippen MR) is 81.3 cm³/mol. The van der Waals surface area contributed by atoms with Crippen LogP contribution in [0.2, 0.25) is 0 Å². The maximum Gasteiger partial charge on any atom is 0.199 e. The summed E-state index contributed by atoms with van der Waals surface area (Å²) in [5.41, 5.74) is 1.10. The third kappa shape index (κ3) is 6.44. The van der Waals surface area contributed by atoms with Crippen molar-refractivity contribution in [3.8, 4) is 5.75 Å². The molecule has 1 rings (SSSR count). The summed E-state index contributed by atoms with van der Waals surface area (Å²) in [5, 5.41) is 0. The Morgan fingerprint density at radius 1 is 1.11 bits per heavy atom. The molecule has 0 spiro atoms. The number of ether oxygens (including phenoxy) is 2. The molecule has 1 aromatic carbocycles. The fraction of sp³-hybridized carbons (Fsp3) is 0.529. The second-order valence-corrected chi connectivity index (χ2v) is 4.69. The first-order chi connectivity index (χ1) is 9.30. The van der Waals surface area contributed by atoms with Crippen molar-refractivity contribution in [1.29, 1.82) is 0 Å². The van der Waals surface area contributed by atoms with Crippen LogP contribution in [-0.2, 0) is 4.74 Å². The largest absolute Gasteiger partial charge is 0.465 e. The molecule has 2 heteroatoms. The van der Waals surface area contributed by atoms with E-state index in [0.717, 1.165) is 50.0 Å². The maximum absolute atomic E-state index is 5.91. The lowest BCUT2D eigenvalue weighted by atomic mass is 10.2. The summed E-state index contributed by atoms with van der Waals surface area (Å²) in [7, 11) is 0. The van der Waals surface area contributed by atoms with E-state index in [1.807, 2.05) is 30.3 Å². The van der Waals surface area contributed by atoms with Crippen molar-refractivity contribution >= 4 is 6.08 Å². The first-order valence-electron chi connectivity index (χ1n) is 7.30. The molecule has 0 aliphatic rings. The van der Waals surface area contributed by atoms with Crippen molar-refractivity contribution < 1.29 is 9.47 Å². The molecule has 1 aromatic rings. The highest BCUT2D eigenvalue weighted by atomic mass is 16.7. The van der Waals surface area contributed by atoms with Crippen LogP contribution in [0.1, 0.15) is 51.5 Å². The van der Waals surface area contributed by atoms with Gasteiger partial charge in [-0.1, -0.05) is 51.5 Å². The minimum atomic E-state index is -0.124. The molecule has 106 valence electrons. The maximum atomic E-state index is 5.91. The average Bonchev–Trinajstić information content (AvgIpc) is 2.45. The van der Waals surface area contributed by atoms with Crippen LogP contribution in [0, 0.1) is 0 Å². The van der Waals surface area contributed by atoms with Gasteiger partial charge in [-0.05, 0) is 30.5 Å². The van der Waals surface area contributed by atoms with Gasteiger partial charge in [0.2, 0.25) is 0 Å². The van der Waals surface area contributed by atoms with Gasteiger partial charge in [0.1, 0.15) is 5.75 Å². The van der Waals surface area contributed by atoms with E-state index in [1.165, 1.54) is 0 Å². The first kappa shape index (κ1) is 15.8. The van der Waals surface area contributed by atoms with Crippen molar-refractivity contribution in [2.45, 2.75) is 52.2 Å². The van der Waals surface area contributed by atoms with Gasteiger partial charge < -0.3 is 9.47 Å². The van der Waals surface area contributed by atoms with Crippen LogP contribution in [0.4, 0.5) is 0 Å². The molecule has 0 N–H and O–H groups in total. The topological polar surface area (TPSA) is 18.5 Å². The quantitative estimate of drug-likeness (QED) is 0.434. The highest BCUT2D eigenvalue weighted by Crippen LogP contribution is 2.17. The molecule has 0 aliphatic heterocycles. The molecule has 0 aliphatic carbocycles. The summed E-state index contributed by atoms with van der Waals surface area (Å²) in [6, 6.07) is 7.95. The Bertz CT molecular complexity index is 343. The number of hydrogen-bond donors (Lipinski definition) is 0. The Morgan fingerprint density at radius 2 is 1.79 bits per heavy atom. The fourth-order valence-electron chi connectivity index (χ4n) is 1.74. The van der Waals surface area contributed by atoms with Gasteiger partial charge in [-0.2, -0.15) is 0 Å². The summed E-state index contributed by atoms with van der Waals surface area (Å²) in [6.45, 7) is 8.87. The summed E-state index contributed by atoms with van der Waals surface area (Å²) < 4.78 is 11.7. The smallest absolute Gasteiger partial charge is 0.199 e. The monoisotopic (exact) mass is 262 g/mol. The molecular weight excluding hydrogens is 236 g/mol. The Balaban J connectivity index is 2.50. The Hall–Kier alpha value is -1.28. The van der Waals surface area contributed by atoms with Gasteiger partial charge in [0, 0.05) is 6.42 Å². The number of unbranched alkanes of at least 4 members (excludes halogenated alkanes) is 2. The Labute approximate surface area is 117 Å². The SMILES string of the molecule is C=Cc1ccc(OC(CCCC)OCCCC)cc1. The molecule has 1 unspecified atom stereocenters. The highest BCUT2D eigenvalue weighted by molar-refractivity contribution is 5.48. The zero-order chi connectivity index (χ0) is 13.9. The van der Waals surface area contributed by atoms with Crippen molar-refractivity contribution in [1.82, 2.24) is 0 Å². The minimum Gasteiger partial charge on any atom is -0.465 e. The lowest BCUT2D eigenvalue weighted by Crippen LogP contribution is -2.21. The van der Waals surface area contributed by atoms with Crippen LogP contribution in [-0.4, -0.2) is 12.9 Å². The van der Waals surface area contributed by atoms with E-state index in [2.05, 4.69) is 20.4 Å². The van der Waals surface area contributed by atoms with Gasteiger partial charge in [-0.3, -0.25) is 0 Å². The molecule has 1 atom stereocenters. The lowest BCUT2D eigenvalue weighted by Gasteiger charge is -2.19. The third-order valence-electron chi connectivity index (χ3n) is 2.98. The van der Waals surface area contributed by atoms with Gasteiger partial charge in [-0.15, -0.1) is 0 Å². The van der Waals surface area contributed by atoms with Crippen molar-refractivity contribution in [3.63, 3.8) is 0 Å². The van der Waals surface area contributed by atoms with E-state index in [0.29, 0.717) is 0 Å². The molecule has 2 nitrogen and oxygen atoms in total. The number of rotatable bonds is 10. The molecule has 0 saturated carbocycles. The molecule has 0 amide bonds. The van der Waals surface area contributed by atoms with Crippen LogP contribution in [0.25, 0.3) is 6.08 Å². The molecule has 0 heterocycles. The molecule has 0 bridgehead atoms. The highest BCUT2D eigenvalue weighted by Gasteiger charge is 2.10. The van der Waals surface area contributed by atoms with Crippen LogP contribution >= 0.6 is 0 Å². The molecule has 0 radical (unpaired) electrons.